The number of rotatable bonds is 4. The van der Waals surface area contributed by atoms with E-state index < -0.39 is 0 Å². The summed E-state index contributed by atoms with van der Waals surface area (Å²) >= 11 is 0. The monoisotopic (exact) mass is 512 g/mol. The van der Waals surface area contributed by atoms with Gasteiger partial charge in [0.05, 0.1) is 16.9 Å². The summed E-state index contributed by atoms with van der Waals surface area (Å²) in [6, 6.07) is 48.6. The summed E-state index contributed by atoms with van der Waals surface area (Å²) in [5.41, 5.74) is 11.7. The van der Waals surface area contributed by atoms with Crippen LogP contribution in [0.2, 0.25) is 0 Å². The van der Waals surface area contributed by atoms with Crippen LogP contribution in [0.15, 0.2) is 146 Å². The maximum atomic E-state index is 5.04. The average Bonchev–Trinajstić information content (AvgIpc) is 3.57. The third-order valence-electron chi connectivity index (χ3n) is 7.54. The van der Waals surface area contributed by atoms with Crippen LogP contribution in [0.25, 0.3) is 67.0 Å². The van der Waals surface area contributed by atoms with Gasteiger partial charge in [0.25, 0.3) is 0 Å². The highest BCUT2D eigenvalue weighted by Gasteiger charge is 2.17. The Morgan fingerprint density at radius 3 is 1.80 bits per heavy atom. The van der Waals surface area contributed by atoms with Crippen LogP contribution < -0.4 is 0 Å². The van der Waals surface area contributed by atoms with Crippen LogP contribution in [-0.4, -0.2) is 18.9 Å². The van der Waals surface area contributed by atoms with Crippen molar-refractivity contribution in [2.75, 3.05) is 0 Å². The summed E-state index contributed by atoms with van der Waals surface area (Å²) in [7, 11) is 0. The van der Waals surface area contributed by atoms with Crippen molar-refractivity contribution in [3.63, 3.8) is 0 Å². The Morgan fingerprint density at radius 1 is 0.475 bits per heavy atom. The first-order valence-corrected chi connectivity index (χ1v) is 13.4. The standard InChI is InChI=1S/C36H24N4/c1-3-11-26(12-4-1)31-23-28(24-32(37-31)27-13-5-2-6-14-27)25-18-20-29(21-19-25)40-33-16-8-7-15-30(33)35-36(40)39-22-10-9-17-34(39)38-35/h1-24H. The molecule has 0 spiro atoms. The first-order chi connectivity index (χ1) is 19.8. The van der Waals surface area contributed by atoms with E-state index in [9.17, 15) is 0 Å². The van der Waals surface area contributed by atoms with Crippen LogP contribution in [0.3, 0.4) is 0 Å². The van der Waals surface area contributed by atoms with E-state index in [4.69, 9.17) is 9.97 Å². The molecule has 0 aliphatic heterocycles. The molecule has 4 aromatic heterocycles. The van der Waals surface area contributed by atoms with E-state index in [1.54, 1.807) is 0 Å². The Kier molecular flexibility index (Phi) is 5.10. The molecule has 0 fully saturated rings. The normalized spacial score (nSPS) is 11.5. The molecule has 0 aliphatic carbocycles. The Bertz CT molecular complexity index is 2070. The van der Waals surface area contributed by atoms with Gasteiger partial charge in [0.2, 0.25) is 0 Å². The molecule has 8 aromatic rings. The molecule has 0 N–H and O–H groups in total. The van der Waals surface area contributed by atoms with Crippen molar-refractivity contribution in [3.05, 3.63) is 146 Å². The predicted molar refractivity (Wildman–Crippen MR) is 164 cm³/mol. The highest BCUT2D eigenvalue weighted by molar-refractivity contribution is 6.07. The molecule has 0 unspecified atom stereocenters. The summed E-state index contributed by atoms with van der Waals surface area (Å²) in [5, 5.41) is 1.15. The quantitative estimate of drug-likeness (QED) is 0.236. The van der Waals surface area contributed by atoms with E-state index in [2.05, 4.69) is 136 Å². The van der Waals surface area contributed by atoms with Gasteiger partial charge >= 0.3 is 0 Å². The molecule has 188 valence electrons. The predicted octanol–water partition coefficient (Wildman–Crippen LogP) is 8.83. The van der Waals surface area contributed by atoms with Gasteiger partial charge in [-0.15, -0.1) is 0 Å². The molecule has 0 bridgehead atoms. The minimum Gasteiger partial charge on any atom is -0.294 e. The van der Waals surface area contributed by atoms with Crippen LogP contribution in [0, 0.1) is 0 Å². The van der Waals surface area contributed by atoms with Crippen molar-refractivity contribution >= 4 is 27.7 Å². The van der Waals surface area contributed by atoms with E-state index in [0.29, 0.717) is 0 Å². The molecule has 0 atom stereocenters. The van der Waals surface area contributed by atoms with Crippen LogP contribution in [0.5, 0.6) is 0 Å². The second-order valence-corrected chi connectivity index (χ2v) is 9.97. The fourth-order valence-corrected chi connectivity index (χ4v) is 5.64. The lowest BCUT2D eigenvalue weighted by Gasteiger charge is -2.12. The molecular formula is C36H24N4. The fourth-order valence-electron chi connectivity index (χ4n) is 5.64. The summed E-state index contributed by atoms with van der Waals surface area (Å²) in [4.78, 5) is 10.0. The number of hydrogen-bond acceptors (Lipinski definition) is 2. The smallest absolute Gasteiger partial charge is 0.150 e. The molecule has 0 radical (unpaired) electrons. The van der Waals surface area contributed by atoms with Gasteiger partial charge in [0.1, 0.15) is 11.2 Å². The molecular weight excluding hydrogens is 488 g/mol. The zero-order valence-corrected chi connectivity index (χ0v) is 21.6. The van der Waals surface area contributed by atoms with Crippen molar-refractivity contribution in [1.82, 2.24) is 18.9 Å². The van der Waals surface area contributed by atoms with Gasteiger partial charge in [0, 0.05) is 28.4 Å². The first kappa shape index (κ1) is 22.5. The number of imidazole rings is 1. The lowest BCUT2D eigenvalue weighted by molar-refractivity contribution is 1.09. The summed E-state index contributed by atoms with van der Waals surface area (Å²) in [6.45, 7) is 0. The highest BCUT2D eigenvalue weighted by atomic mass is 15.1. The fraction of sp³-hybridized carbons (Fsp3) is 0. The maximum Gasteiger partial charge on any atom is 0.150 e. The Morgan fingerprint density at radius 2 is 1.10 bits per heavy atom. The number of nitrogens with zero attached hydrogens (tertiary/aromatic N) is 4. The van der Waals surface area contributed by atoms with Crippen molar-refractivity contribution in [1.29, 1.82) is 0 Å². The Balaban J connectivity index is 1.29. The van der Waals surface area contributed by atoms with Crippen molar-refractivity contribution in [2.24, 2.45) is 0 Å². The Hall–Kier alpha value is -5.48. The molecule has 0 aliphatic rings. The summed E-state index contributed by atoms with van der Waals surface area (Å²) in [5.74, 6) is 0. The Labute approximate surface area is 231 Å². The molecule has 40 heavy (non-hydrogen) atoms. The van der Waals surface area contributed by atoms with E-state index in [-0.39, 0.29) is 0 Å². The number of hydrogen-bond donors (Lipinski definition) is 0. The van der Waals surface area contributed by atoms with Crippen LogP contribution >= 0.6 is 0 Å². The zero-order valence-electron chi connectivity index (χ0n) is 21.6. The average molecular weight is 513 g/mol. The molecule has 4 nitrogen and oxygen atoms in total. The summed E-state index contributed by atoms with van der Waals surface area (Å²) < 4.78 is 4.48. The van der Waals surface area contributed by atoms with Gasteiger partial charge in [0.15, 0.2) is 5.65 Å². The third kappa shape index (κ3) is 3.62. The van der Waals surface area contributed by atoms with E-state index in [1.165, 1.54) is 0 Å². The minimum atomic E-state index is 0.947. The first-order valence-electron chi connectivity index (χ1n) is 13.4. The van der Waals surface area contributed by atoms with Gasteiger partial charge in [-0.05, 0) is 53.6 Å². The molecule has 4 heteroatoms. The van der Waals surface area contributed by atoms with Crippen LogP contribution in [-0.2, 0) is 0 Å². The van der Waals surface area contributed by atoms with E-state index in [1.807, 2.05) is 18.2 Å². The van der Waals surface area contributed by atoms with Gasteiger partial charge in [-0.1, -0.05) is 97.1 Å². The number of para-hydroxylation sites is 1. The molecule has 0 saturated carbocycles. The maximum absolute atomic E-state index is 5.04. The van der Waals surface area contributed by atoms with Crippen molar-refractivity contribution in [2.45, 2.75) is 0 Å². The topological polar surface area (TPSA) is 35.1 Å². The van der Waals surface area contributed by atoms with Gasteiger partial charge in [-0.2, -0.15) is 0 Å². The van der Waals surface area contributed by atoms with E-state index >= 15 is 0 Å². The lowest BCUT2D eigenvalue weighted by atomic mass is 10.00. The SMILES string of the molecule is c1ccc(-c2cc(-c3ccc(-n4c5ccccc5c5nc6ccccn6c54)cc3)cc(-c3ccccc3)n2)cc1. The van der Waals surface area contributed by atoms with Crippen LogP contribution in [0.1, 0.15) is 0 Å². The molecule has 4 aromatic carbocycles. The van der Waals surface area contributed by atoms with Gasteiger partial charge in [-0.3, -0.25) is 8.97 Å². The largest absolute Gasteiger partial charge is 0.294 e. The molecule has 0 saturated heterocycles. The van der Waals surface area contributed by atoms with Crippen molar-refractivity contribution in [3.8, 4) is 39.3 Å². The number of pyridine rings is 2. The number of aromatic nitrogens is 4. The minimum absolute atomic E-state index is 0.947. The van der Waals surface area contributed by atoms with Gasteiger partial charge < -0.3 is 0 Å². The molecule has 4 heterocycles. The van der Waals surface area contributed by atoms with Crippen molar-refractivity contribution < 1.29 is 0 Å². The molecule has 0 amide bonds. The lowest BCUT2D eigenvalue weighted by Crippen LogP contribution is -1.97. The second kappa shape index (κ2) is 9.07. The van der Waals surface area contributed by atoms with Crippen LogP contribution in [0.4, 0.5) is 0 Å². The van der Waals surface area contributed by atoms with Gasteiger partial charge in [-0.25, -0.2) is 9.97 Å². The summed E-state index contributed by atoms with van der Waals surface area (Å²) in [6.07, 6.45) is 2.08. The second-order valence-electron chi connectivity index (χ2n) is 9.97. The highest BCUT2D eigenvalue weighted by Crippen LogP contribution is 2.34. The zero-order chi connectivity index (χ0) is 26.5. The molecule has 8 rings (SSSR count). The number of benzene rings is 4. The number of fused-ring (bicyclic) bond motifs is 5. The third-order valence-corrected chi connectivity index (χ3v) is 7.54. The van der Waals surface area contributed by atoms with E-state index in [0.717, 1.165) is 67.0 Å².